The first-order valence-corrected chi connectivity index (χ1v) is 6.66. The number of aromatic nitrogens is 2. The van der Waals surface area contributed by atoms with E-state index in [1.54, 1.807) is 18.2 Å². The van der Waals surface area contributed by atoms with E-state index in [-0.39, 0.29) is 11.7 Å². The van der Waals surface area contributed by atoms with Gasteiger partial charge in [0.05, 0.1) is 11.5 Å². The van der Waals surface area contributed by atoms with Crippen LogP contribution >= 0.6 is 0 Å². The Balaban J connectivity index is 1.65. The number of nitrogens with zero attached hydrogens (tertiary/aromatic N) is 2. The number of nitrogens with one attached hydrogen (secondary N) is 1. The summed E-state index contributed by atoms with van der Waals surface area (Å²) in [4.78, 5) is 4.38. The fourth-order valence-corrected chi connectivity index (χ4v) is 3.23. The summed E-state index contributed by atoms with van der Waals surface area (Å²) < 4.78 is 19.0. The van der Waals surface area contributed by atoms with Crippen LogP contribution in [0.3, 0.4) is 0 Å². The molecule has 0 aliphatic carbocycles. The van der Waals surface area contributed by atoms with Crippen LogP contribution in [0, 0.1) is 5.82 Å². The standard InChI is InChI=1S/C14H14FN3O/c15-11-4-2-1-3-9(11)13-17-14(19-18-13)10-7-8-5-6-12(10)16-8/h1-4,8,10,12,16H,5-7H2. The number of rotatable bonds is 2. The van der Waals surface area contributed by atoms with E-state index in [9.17, 15) is 4.39 Å². The Morgan fingerprint density at radius 1 is 1.26 bits per heavy atom. The van der Waals surface area contributed by atoms with Crippen molar-refractivity contribution in [3.63, 3.8) is 0 Å². The van der Waals surface area contributed by atoms with Gasteiger partial charge in [-0.15, -0.1) is 0 Å². The van der Waals surface area contributed by atoms with Crippen LogP contribution in [0.4, 0.5) is 4.39 Å². The molecule has 5 heteroatoms. The molecule has 2 aliphatic rings. The first-order valence-electron chi connectivity index (χ1n) is 6.66. The molecule has 2 fully saturated rings. The molecule has 2 aromatic rings. The van der Waals surface area contributed by atoms with E-state index < -0.39 is 0 Å². The Kier molecular flexibility index (Phi) is 2.41. The highest BCUT2D eigenvalue weighted by molar-refractivity contribution is 5.54. The highest BCUT2D eigenvalue weighted by Crippen LogP contribution is 2.39. The molecule has 0 radical (unpaired) electrons. The number of halogens is 1. The largest absolute Gasteiger partial charge is 0.339 e. The van der Waals surface area contributed by atoms with Gasteiger partial charge in [0.1, 0.15) is 5.82 Å². The van der Waals surface area contributed by atoms with Gasteiger partial charge in [0, 0.05) is 12.1 Å². The van der Waals surface area contributed by atoms with Gasteiger partial charge in [0.2, 0.25) is 11.7 Å². The predicted octanol–water partition coefficient (Wildman–Crippen LogP) is 2.48. The zero-order valence-electron chi connectivity index (χ0n) is 10.3. The summed E-state index contributed by atoms with van der Waals surface area (Å²) in [5, 5.41) is 7.46. The highest BCUT2D eigenvalue weighted by atomic mass is 19.1. The van der Waals surface area contributed by atoms with Crippen molar-refractivity contribution in [1.82, 2.24) is 15.5 Å². The molecule has 3 atom stereocenters. The summed E-state index contributed by atoms with van der Waals surface area (Å²) in [6.45, 7) is 0. The molecule has 3 unspecified atom stereocenters. The minimum atomic E-state index is -0.319. The van der Waals surface area contributed by atoms with Gasteiger partial charge in [0.15, 0.2) is 0 Å². The van der Waals surface area contributed by atoms with Gasteiger partial charge in [0.25, 0.3) is 0 Å². The zero-order chi connectivity index (χ0) is 12.8. The molecule has 1 aromatic carbocycles. The van der Waals surface area contributed by atoms with Crippen molar-refractivity contribution < 1.29 is 8.91 Å². The van der Waals surface area contributed by atoms with Gasteiger partial charge in [-0.05, 0) is 31.4 Å². The molecule has 19 heavy (non-hydrogen) atoms. The van der Waals surface area contributed by atoms with E-state index in [1.807, 2.05) is 0 Å². The molecule has 4 nitrogen and oxygen atoms in total. The topological polar surface area (TPSA) is 51.0 Å². The number of hydrogen-bond donors (Lipinski definition) is 1. The summed E-state index contributed by atoms with van der Waals surface area (Å²) in [6.07, 6.45) is 3.44. The lowest BCUT2D eigenvalue weighted by Gasteiger charge is -2.15. The molecule has 2 saturated heterocycles. The second-order valence-electron chi connectivity index (χ2n) is 5.33. The van der Waals surface area contributed by atoms with Crippen molar-refractivity contribution in [3.8, 4) is 11.4 Å². The van der Waals surface area contributed by atoms with Crippen molar-refractivity contribution in [3.05, 3.63) is 36.0 Å². The highest BCUT2D eigenvalue weighted by Gasteiger charge is 2.42. The van der Waals surface area contributed by atoms with E-state index in [0.29, 0.717) is 29.4 Å². The van der Waals surface area contributed by atoms with Crippen LogP contribution in [-0.4, -0.2) is 22.2 Å². The molecular formula is C14H14FN3O. The molecule has 98 valence electrons. The van der Waals surface area contributed by atoms with Crippen LogP contribution in [0.5, 0.6) is 0 Å². The lowest BCUT2D eigenvalue weighted by atomic mass is 9.89. The van der Waals surface area contributed by atoms with Gasteiger partial charge >= 0.3 is 0 Å². The zero-order valence-corrected chi connectivity index (χ0v) is 10.3. The molecular weight excluding hydrogens is 245 g/mol. The third-order valence-electron chi connectivity index (χ3n) is 4.17. The second-order valence-corrected chi connectivity index (χ2v) is 5.33. The van der Waals surface area contributed by atoms with Gasteiger partial charge in [-0.2, -0.15) is 4.98 Å². The van der Waals surface area contributed by atoms with Gasteiger partial charge in [-0.3, -0.25) is 0 Å². The minimum absolute atomic E-state index is 0.284. The van der Waals surface area contributed by atoms with Crippen LogP contribution in [0.15, 0.2) is 28.8 Å². The maximum Gasteiger partial charge on any atom is 0.231 e. The normalized spacial score (nSPS) is 29.0. The fraction of sp³-hybridized carbons (Fsp3) is 0.429. The van der Waals surface area contributed by atoms with Crippen molar-refractivity contribution >= 4 is 0 Å². The number of fused-ring (bicyclic) bond motifs is 2. The third kappa shape index (κ3) is 1.76. The third-order valence-corrected chi connectivity index (χ3v) is 4.17. The Hall–Kier alpha value is -1.75. The van der Waals surface area contributed by atoms with Gasteiger partial charge in [-0.25, -0.2) is 4.39 Å². The summed E-state index contributed by atoms with van der Waals surface area (Å²) in [5.41, 5.74) is 0.397. The van der Waals surface area contributed by atoms with Crippen LogP contribution in [0.1, 0.15) is 31.1 Å². The lowest BCUT2D eigenvalue weighted by molar-refractivity contribution is 0.329. The van der Waals surface area contributed by atoms with E-state index >= 15 is 0 Å². The van der Waals surface area contributed by atoms with E-state index in [1.165, 1.54) is 12.5 Å². The Morgan fingerprint density at radius 3 is 2.89 bits per heavy atom. The quantitative estimate of drug-likeness (QED) is 0.900. The molecule has 3 heterocycles. The molecule has 2 aliphatic heterocycles. The van der Waals surface area contributed by atoms with Crippen LogP contribution in [-0.2, 0) is 0 Å². The Labute approximate surface area is 110 Å². The maximum atomic E-state index is 13.7. The first-order chi connectivity index (χ1) is 9.31. The van der Waals surface area contributed by atoms with Crippen LogP contribution in [0.2, 0.25) is 0 Å². The second kappa shape index (κ2) is 4.13. The van der Waals surface area contributed by atoms with Crippen LogP contribution < -0.4 is 5.32 Å². The minimum Gasteiger partial charge on any atom is -0.339 e. The van der Waals surface area contributed by atoms with Gasteiger partial charge < -0.3 is 9.84 Å². The van der Waals surface area contributed by atoms with Crippen molar-refractivity contribution in [1.29, 1.82) is 0 Å². The van der Waals surface area contributed by atoms with Crippen LogP contribution in [0.25, 0.3) is 11.4 Å². The predicted molar refractivity (Wildman–Crippen MR) is 67.0 cm³/mol. The van der Waals surface area contributed by atoms with E-state index in [4.69, 9.17) is 4.52 Å². The average Bonchev–Trinajstić information content (AvgIpc) is 3.15. The summed E-state index contributed by atoms with van der Waals surface area (Å²) >= 11 is 0. The first kappa shape index (κ1) is 11.1. The molecule has 0 saturated carbocycles. The molecule has 0 amide bonds. The van der Waals surface area contributed by atoms with E-state index in [0.717, 1.165) is 12.8 Å². The monoisotopic (exact) mass is 259 g/mol. The van der Waals surface area contributed by atoms with Gasteiger partial charge in [-0.1, -0.05) is 17.3 Å². The Bertz CT molecular complexity index is 612. The molecule has 2 bridgehead atoms. The molecule has 4 rings (SSSR count). The lowest BCUT2D eigenvalue weighted by Crippen LogP contribution is -2.21. The SMILES string of the molecule is Fc1ccccc1-c1noc(C2CC3CCC2N3)n1. The maximum absolute atomic E-state index is 13.7. The smallest absolute Gasteiger partial charge is 0.231 e. The molecule has 0 spiro atoms. The van der Waals surface area contributed by atoms with Crippen molar-refractivity contribution in [2.24, 2.45) is 0 Å². The summed E-state index contributed by atoms with van der Waals surface area (Å²) in [6, 6.07) is 7.53. The summed E-state index contributed by atoms with van der Waals surface area (Å²) in [7, 11) is 0. The molecule has 1 aromatic heterocycles. The number of benzene rings is 1. The van der Waals surface area contributed by atoms with Crippen molar-refractivity contribution in [2.75, 3.05) is 0 Å². The van der Waals surface area contributed by atoms with Crippen molar-refractivity contribution in [2.45, 2.75) is 37.3 Å². The summed E-state index contributed by atoms with van der Waals surface area (Å²) in [5.74, 6) is 0.946. The van der Waals surface area contributed by atoms with E-state index in [2.05, 4.69) is 15.5 Å². The number of hydrogen-bond acceptors (Lipinski definition) is 4. The molecule has 1 N–H and O–H groups in total. The Morgan fingerprint density at radius 2 is 2.16 bits per heavy atom. The fourth-order valence-electron chi connectivity index (χ4n) is 3.23. The average molecular weight is 259 g/mol.